The molecule has 0 saturated heterocycles. The number of hydrogen-bond acceptors (Lipinski definition) is 8. The summed E-state index contributed by atoms with van der Waals surface area (Å²) >= 11 is 1.08. The van der Waals surface area contributed by atoms with Gasteiger partial charge in [0.25, 0.3) is 5.91 Å². The van der Waals surface area contributed by atoms with Crippen molar-refractivity contribution in [1.29, 1.82) is 0 Å². The van der Waals surface area contributed by atoms with Gasteiger partial charge in [0.05, 0.1) is 43.3 Å². The van der Waals surface area contributed by atoms with E-state index in [4.69, 9.17) is 19.2 Å². The van der Waals surface area contributed by atoms with Gasteiger partial charge < -0.3 is 14.2 Å². The average Bonchev–Trinajstić information content (AvgIpc) is 3.22. The van der Waals surface area contributed by atoms with Crippen LogP contribution in [0.3, 0.4) is 0 Å². The number of aromatic nitrogens is 2. The molecule has 0 atom stereocenters. The number of carbonyl (C=O) groups excluding carboxylic acids is 2. The van der Waals surface area contributed by atoms with E-state index in [0.717, 1.165) is 16.9 Å². The number of para-hydroxylation sites is 1. The zero-order valence-electron chi connectivity index (χ0n) is 19.2. The van der Waals surface area contributed by atoms with Crippen molar-refractivity contribution in [2.75, 3.05) is 26.1 Å². The molecule has 0 aliphatic heterocycles. The van der Waals surface area contributed by atoms with Crippen molar-refractivity contribution in [1.82, 2.24) is 9.97 Å². The van der Waals surface area contributed by atoms with E-state index in [1.807, 2.05) is 36.4 Å². The Hall–Kier alpha value is -3.98. The summed E-state index contributed by atoms with van der Waals surface area (Å²) in [7, 11) is 3.15. The van der Waals surface area contributed by atoms with Gasteiger partial charge in [-0.25, -0.2) is 14.8 Å². The van der Waals surface area contributed by atoms with Crippen LogP contribution in [0.1, 0.15) is 32.6 Å². The van der Waals surface area contributed by atoms with Gasteiger partial charge in [0, 0.05) is 17.0 Å². The Kier molecular flexibility index (Phi) is 6.74. The van der Waals surface area contributed by atoms with Gasteiger partial charge in [-0.3, -0.25) is 10.1 Å². The van der Waals surface area contributed by atoms with Crippen LogP contribution in [-0.4, -0.2) is 42.7 Å². The van der Waals surface area contributed by atoms with Crippen molar-refractivity contribution in [3.63, 3.8) is 0 Å². The Labute approximate surface area is 200 Å². The molecule has 0 radical (unpaired) electrons. The molecule has 0 aliphatic rings. The quantitative estimate of drug-likeness (QED) is 0.369. The predicted molar refractivity (Wildman–Crippen MR) is 131 cm³/mol. The lowest BCUT2D eigenvalue weighted by Gasteiger charge is -2.13. The molecule has 0 saturated carbocycles. The number of rotatable bonds is 7. The third kappa shape index (κ3) is 4.55. The van der Waals surface area contributed by atoms with E-state index in [1.54, 1.807) is 40.2 Å². The summed E-state index contributed by atoms with van der Waals surface area (Å²) in [6, 6.07) is 14.5. The van der Waals surface area contributed by atoms with Crippen LogP contribution in [-0.2, 0) is 4.74 Å². The monoisotopic (exact) mass is 477 g/mol. The zero-order valence-corrected chi connectivity index (χ0v) is 20.0. The summed E-state index contributed by atoms with van der Waals surface area (Å²) in [5.41, 5.74) is 2.88. The van der Waals surface area contributed by atoms with E-state index in [1.165, 1.54) is 0 Å². The van der Waals surface area contributed by atoms with E-state index in [9.17, 15) is 9.59 Å². The second-order valence-corrected chi connectivity index (χ2v) is 8.25. The number of thiazole rings is 1. The number of carbonyl (C=O) groups is 2. The highest BCUT2D eigenvalue weighted by Gasteiger charge is 2.20. The first-order chi connectivity index (χ1) is 16.4. The van der Waals surface area contributed by atoms with Crippen molar-refractivity contribution in [3.8, 4) is 22.8 Å². The molecule has 2 heterocycles. The first kappa shape index (κ1) is 23.2. The van der Waals surface area contributed by atoms with Crippen LogP contribution in [0.5, 0.6) is 11.5 Å². The number of nitrogens with one attached hydrogen (secondary N) is 1. The third-order valence-corrected chi connectivity index (χ3v) is 6.18. The summed E-state index contributed by atoms with van der Waals surface area (Å²) in [6.07, 6.45) is 0. The van der Waals surface area contributed by atoms with Crippen LogP contribution in [0.25, 0.3) is 22.2 Å². The van der Waals surface area contributed by atoms with E-state index >= 15 is 0 Å². The Balaban J connectivity index is 1.75. The van der Waals surface area contributed by atoms with Crippen molar-refractivity contribution in [2.45, 2.75) is 13.8 Å². The van der Waals surface area contributed by atoms with Crippen molar-refractivity contribution < 1.29 is 23.8 Å². The van der Waals surface area contributed by atoms with Gasteiger partial charge in [0.15, 0.2) is 5.13 Å². The van der Waals surface area contributed by atoms with Gasteiger partial charge in [-0.05, 0) is 38.1 Å². The number of esters is 1. The van der Waals surface area contributed by atoms with Gasteiger partial charge in [-0.2, -0.15) is 0 Å². The maximum absolute atomic E-state index is 13.3. The van der Waals surface area contributed by atoms with E-state index in [0.29, 0.717) is 49.4 Å². The minimum Gasteiger partial charge on any atom is -0.497 e. The molecule has 1 amide bonds. The Bertz CT molecular complexity index is 1380. The molecule has 9 heteroatoms. The molecule has 1 N–H and O–H groups in total. The van der Waals surface area contributed by atoms with Gasteiger partial charge in [-0.15, -0.1) is 0 Å². The number of ether oxygens (including phenoxy) is 3. The van der Waals surface area contributed by atoms with Crippen LogP contribution < -0.4 is 14.8 Å². The first-order valence-electron chi connectivity index (χ1n) is 10.5. The summed E-state index contributed by atoms with van der Waals surface area (Å²) in [4.78, 5) is 34.9. The summed E-state index contributed by atoms with van der Waals surface area (Å²) < 4.78 is 15.9. The molecule has 2 aromatic heterocycles. The normalized spacial score (nSPS) is 10.7. The van der Waals surface area contributed by atoms with Crippen LogP contribution in [0, 0.1) is 6.92 Å². The fourth-order valence-corrected chi connectivity index (χ4v) is 4.37. The number of nitrogens with zero attached hydrogens (tertiary/aromatic N) is 2. The molecular formula is C25H23N3O5S. The molecule has 4 aromatic rings. The highest BCUT2D eigenvalue weighted by Crippen LogP contribution is 2.34. The van der Waals surface area contributed by atoms with Gasteiger partial charge in [0.1, 0.15) is 16.4 Å². The molecule has 4 rings (SSSR count). The zero-order chi connectivity index (χ0) is 24.2. The first-order valence-corrected chi connectivity index (χ1v) is 11.3. The van der Waals surface area contributed by atoms with Crippen LogP contribution in [0.4, 0.5) is 5.13 Å². The van der Waals surface area contributed by atoms with Crippen molar-refractivity contribution in [3.05, 3.63) is 64.7 Å². The lowest BCUT2D eigenvalue weighted by atomic mass is 10.0. The van der Waals surface area contributed by atoms with E-state index < -0.39 is 5.97 Å². The minimum absolute atomic E-state index is 0.262. The van der Waals surface area contributed by atoms with Crippen LogP contribution in [0.15, 0.2) is 48.5 Å². The molecule has 174 valence electrons. The summed E-state index contributed by atoms with van der Waals surface area (Å²) in [5.74, 6) is 0.400. The lowest BCUT2D eigenvalue weighted by molar-refractivity contribution is 0.0531. The van der Waals surface area contributed by atoms with Gasteiger partial charge >= 0.3 is 5.97 Å². The molecule has 0 bridgehead atoms. The highest BCUT2D eigenvalue weighted by atomic mass is 32.1. The SMILES string of the molecule is CCOC(=O)c1sc(NC(=O)c2cc(-c3ccc(OC)cc3OC)nc3ccccc23)nc1C. The number of pyridine rings is 1. The van der Waals surface area contributed by atoms with Gasteiger partial charge in [-0.1, -0.05) is 29.5 Å². The van der Waals surface area contributed by atoms with E-state index in [2.05, 4.69) is 10.3 Å². The Morgan fingerprint density at radius 1 is 1.03 bits per heavy atom. The lowest BCUT2D eigenvalue weighted by Crippen LogP contribution is -2.13. The third-order valence-electron chi connectivity index (χ3n) is 5.12. The molecule has 0 spiro atoms. The van der Waals surface area contributed by atoms with Gasteiger partial charge in [0.2, 0.25) is 0 Å². The number of methoxy groups -OCH3 is 2. The van der Waals surface area contributed by atoms with E-state index in [-0.39, 0.29) is 12.5 Å². The summed E-state index contributed by atoms with van der Waals surface area (Å²) in [6.45, 7) is 3.70. The molecule has 0 unspecified atom stereocenters. The second kappa shape index (κ2) is 9.88. The molecular weight excluding hydrogens is 454 g/mol. The maximum atomic E-state index is 13.3. The van der Waals surface area contributed by atoms with Crippen molar-refractivity contribution >= 4 is 39.2 Å². The fraction of sp³-hybridized carbons (Fsp3) is 0.200. The predicted octanol–water partition coefficient (Wildman–Crippen LogP) is 5.11. The maximum Gasteiger partial charge on any atom is 0.350 e. The Morgan fingerprint density at radius 3 is 2.56 bits per heavy atom. The number of aryl methyl sites for hydroxylation is 1. The second-order valence-electron chi connectivity index (χ2n) is 7.25. The standard InChI is InChI=1S/C25H23N3O5S/c1-5-33-24(30)22-14(2)26-25(34-22)28-23(29)18-13-20(27-19-9-7-6-8-16(18)19)17-11-10-15(31-3)12-21(17)32-4/h6-13H,5H2,1-4H3,(H,26,28,29). The topological polar surface area (TPSA) is 99.6 Å². The highest BCUT2D eigenvalue weighted by molar-refractivity contribution is 7.17. The molecule has 0 fully saturated rings. The smallest absolute Gasteiger partial charge is 0.350 e. The van der Waals surface area contributed by atoms with Crippen LogP contribution in [0.2, 0.25) is 0 Å². The minimum atomic E-state index is -0.457. The van der Waals surface area contributed by atoms with Crippen LogP contribution >= 0.6 is 11.3 Å². The summed E-state index contributed by atoms with van der Waals surface area (Å²) in [5, 5.41) is 3.82. The number of amides is 1. The largest absolute Gasteiger partial charge is 0.497 e. The number of hydrogen-bond donors (Lipinski definition) is 1. The number of anilines is 1. The molecule has 0 aliphatic carbocycles. The molecule has 34 heavy (non-hydrogen) atoms. The fourth-order valence-electron chi connectivity index (χ4n) is 3.51. The number of benzene rings is 2. The molecule has 2 aromatic carbocycles. The Morgan fingerprint density at radius 2 is 1.82 bits per heavy atom. The average molecular weight is 478 g/mol. The van der Waals surface area contributed by atoms with Crippen molar-refractivity contribution in [2.24, 2.45) is 0 Å². The molecule has 8 nitrogen and oxygen atoms in total. The number of fused-ring (bicyclic) bond motifs is 1.